The summed E-state index contributed by atoms with van der Waals surface area (Å²) in [6.45, 7) is 2.33. The molecule has 2 aromatic carbocycles. The van der Waals surface area contributed by atoms with Crippen molar-refractivity contribution in [2.24, 2.45) is 7.05 Å². The third kappa shape index (κ3) is 3.59. The number of aryl methyl sites for hydroxylation is 2. The average Bonchev–Trinajstić information content (AvgIpc) is 2.65. The van der Waals surface area contributed by atoms with Gasteiger partial charge >= 0.3 is 0 Å². The zero-order valence-corrected chi connectivity index (χ0v) is 15.1. The van der Waals surface area contributed by atoms with Gasteiger partial charge in [0.2, 0.25) is 5.43 Å². The van der Waals surface area contributed by atoms with E-state index in [2.05, 4.69) is 10.4 Å². The number of amides is 1. The molecule has 6 heteroatoms. The summed E-state index contributed by atoms with van der Waals surface area (Å²) < 4.78 is 6.69. The molecule has 0 aliphatic carbocycles. The van der Waals surface area contributed by atoms with Crippen molar-refractivity contribution in [3.05, 3.63) is 69.5 Å². The lowest BCUT2D eigenvalue weighted by molar-refractivity contribution is 0.0946. The summed E-state index contributed by atoms with van der Waals surface area (Å²) in [5.41, 5.74) is 2.31. The Kier molecular flexibility index (Phi) is 5.02. The van der Waals surface area contributed by atoms with Crippen LogP contribution >= 0.6 is 0 Å². The number of hydrogen-bond acceptors (Lipinski definition) is 4. The Morgan fingerprint density at radius 1 is 1.19 bits per heavy atom. The SMILES string of the molecule is COc1ccc(CCNC(=O)c2nn(C)c3ccc(C)cc3c2=O)cc1. The number of benzene rings is 2. The summed E-state index contributed by atoms with van der Waals surface area (Å²) in [5, 5.41) is 7.43. The van der Waals surface area contributed by atoms with Gasteiger partial charge < -0.3 is 10.1 Å². The molecule has 6 nitrogen and oxygen atoms in total. The van der Waals surface area contributed by atoms with Crippen LogP contribution < -0.4 is 15.5 Å². The summed E-state index contributed by atoms with van der Waals surface area (Å²) in [6.07, 6.45) is 0.655. The highest BCUT2D eigenvalue weighted by molar-refractivity contribution is 5.95. The van der Waals surface area contributed by atoms with E-state index in [1.807, 2.05) is 43.3 Å². The standard InChI is InChI=1S/C20H21N3O3/c1-13-4-9-17-16(12-13)19(24)18(22-23(17)2)20(25)21-11-10-14-5-7-15(26-3)8-6-14/h4-9,12H,10-11H2,1-3H3,(H,21,25). The first-order chi connectivity index (χ1) is 12.5. The van der Waals surface area contributed by atoms with E-state index in [1.165, 1.54) is 0 Å². The monoisotopic (exact) mass is 351 g/mol. The Morgan fingerprint density at radius 3 is 2.62 bits per heavy atom. The van der Waals surface area contributed by atoms with Crippen molar-refractivity contribution in [3.8, 4) is 5.75 Å². The van der Waals surface area contributed by atoms with E-state index in [0.717, 1.165) is 16.9 Å². The lowest BCUT2D eigenvalue weighted by atomic mass is 10.1. The number of methoxy groups -OCH3 is 1. The molecule has 0 unspecified atom stereocenters. The predicted molar refractivity (Wildman–Crippen MR) is 101 cm³/mol. The lowest BCUT2D eigenvalue weighted by Gasteiger charge is -2.09. The molecule has 0 fully saturated rings. The minimum atomic E-state index is -0.456. The van der Waals surface area contributed by atoms with Gasteiger partial charge in [-0.05, 0) is 43.2 Å². The molecule has 0 aliphatic rings. The largest absolute Gasteiger partial charge is 0.497 e. The third-order valence-electron chi connectivity index (χ3n) is 4.28. The Hall–Kier alpha value is -3.15. The number of carbonyl (C=O) groups excluding carboxylic acids is 1. The zero-order chi connectivity index (χ0) is 18.7. The van der Waals surface area contributed by atoms with Crippen LogP contribution in [0.25, 0.3) is 10.9 Å². The van der Waals surface area contributed by atoms with Crippen LogP contribution in [0.1, 0.15) is 21.6 Å². The second-order valence-corrected chi connectivity index (χ2v) is 6.18. The van der Waals surface area contributed by atoms with Crippen LogP contribution in [0.3, 0.4) is 0 Å². The minimum Gasteiger partial charge on any atom is -0.497 e. The molecule has 0 bridgehead atoms. The van der Waals surface area contributed by atoms with Crippen LogP contribution in [-0.2, 0) is 13.5 Å². The fourth-order valence-electron chi connectivity index (χ4n) is 2.84. The fourth-order valence-corrected chi connectivity index (χ4v) is 2.84. The molecule has 0 saturated heterocycles. The number of ether oxygens (including phenoxy) is 1. The number of nitrogens with zero attached hydrogens (tertiary/aromatic N) is 2. The van der Waals surface area contributed by atoms with Crippen molar-refractivity contribution in [3.63, 3.8) is 0 Å². The summed E-state index contributed by atoms with van der Waals surface area (Å²) in [7, 11) is 3.35. The van der Waals surface area contributed by atoms with Crippen molar-refractivity contribution in [2.75, 3.05) is 13.7 Å². The first kappa shape index (κ1) is 17.7. The molecule has 0 atom stereocenters. The number of rotatable bonds is 5. The Labute approximate surface area is 151 Å². The fraction of sp³-hybridized carbons (Fsp3) is 0.250. The third-order valence-corrected chi connectivity index (χ3v) is 4.28. The highest BCUT2D eigenvalue weighted by Gasteiger charge is 2.16. The molecule has 1 heterocycles. The minimum absolute atomic E-state index is 0.0830. The molecule has 1 N–H and O–H groups in total. The molecule has 3 rings (SSSR count). The molecule has 0 radical (unpaired) electrons. The van der Waals surface area contributed by atoms with Crippen LogP contribution in [0.15, 0.2) is 47.3 Å². The van der Waals surface area contributed by atoms with Gasteiger partial charge in [-0.3, -0.25) is 14.3 Å². The van der Waals surface area contributed by atoms with Gasteiger partial charge in [-0.2, -0.15) is 5.10 Å². The Balaban J connectivity index is 1.75. The van der Waals surface area contributed by atoms with E-state index in [1.54, 1.807) is 24.9 Å². The maximum Gasteiger partial charge on any atom is 0.275 e. The second-order valence-electron chi connectivity index (χ2n) is 6.18. The smallest absolute Gasteiger partial charge is 0.275 e. The second kappa shape index (κ2) is 7.39. The number of hydrogen-bond donors (Lipinski definition) is 1. The molecule has 1 aromatic heterocycles. The Morgan fingerprint density at radius 2 is 1.92 bits per heavy atom. The molecule has 134 valence electrons. The molecular formula is C20H21N3O3. The first-order valence-corrected chi connectivity index (χ1v) is 8.38. The average molecular weight is 351 g/mol. The van der Waals surface area contributed by atoms with E-state index >= 15 is 0 Å². The van der Waals surface area contributed by atoms with E-state index < -0.39 is 5.91 Å². The van der Waals surface area contributed by atoms with Crippen LogP contribution in [0.2, 0.25) is 0 Å². The lowest BCUT2D eigenvalue weighted by Crippen LogP contribution is -2.33. The van der Waals surface area contributed by atoms with Crippen molar-refractivity contribution < 1.29 is 9.53 Å². The van der Waals surface area contributed by atoms with Gasteiger partial charge in [0.05, 0.1) is 18.0 Å². The molecule has 3 aromatic rings. The number of carbonyl (C=O) groups is 1. The van der Waals surface area contributed by atoms with Gasteiger partial charge in [0.25, 0.3) is 5.91 Å². The quantitative estimate of drug-likeness (QED) is 0.765. The normalized spacial score (nSPS) is 10.7. The van der Waals surface area contributed by atoms with Gasteiger partial charge in [-0.15, -0.1) is 0 Å². The molecule has 26 heavy (non-hydrogen) atoms. The molecule has 0 spiro atoms. The highest BCUT2D eigenvalue weighted by Crippen LogP contribution is 2.12. The van der Waals surface area contributed by atoms with Crippen LogP contribution in [0.5, 0.6) is 5.75 Å². The van der Waals surface area contributed by atoms with Gasteiger partial charge in [-0.1, -0.05) is 23.8 Å². The Bertz CT molecular complexity index is 1010. The number of aromatic nitrogens is 2. The maximum absolute atomic E-state index is 12.6. The van der Waals surface area contributed by atoms with E-state index in [9.17, 15) is 9.59 Å². The maximum atomic E-state index is 12.6. The molecule has 0 saturated carbocycles. The van der Waals surface area contributed by atoms with Crippen molar-refractivity contribution >= 4 is 16.8 Å². The highest BCUT2D eigenvalue weighted by atomic mass is 16.5. The van der Waals surface area contributed by atoms with Gasteiger partial charge in [0.1, 0.15) is 5.75 Å². The van der Waals surface area contributed by atoms with E-state index in [4.69, 9.17) is 4.74 Å². The number of fused-ring (bicyclic) bond motifs is 1. The van der Waals surface area contributed by atoms with Crippen molar-refractivity contribution in [1.82, 2.24) is 15.1 Å². The predicted octanol–water partition coefficient (Wildman–Crippen LogP) is 2.22. The molecule has 0 aliphatic heterocycles. The summed E-state index contributed by atoms with van der Waals surface area (Å²) in [5.74, 6) is 0.333. The van der Waals surface area contributed by atoms with Gasteiger partial charge in [-0.25, -0.2) is 0 Å². The van der Waals surface area contributed by atoms with Gasteiger partial charge in [0, 0.05) is 13.6 Å². The van der Waals surface area contributed by atoms with Gasteiger partial charge in [0.15, 0.2) is 5.69 Å². The van der Waals surface area contributed by atoms with Crippen molar-refractivity contribution in [2.45, 2.75) is 13.3 Å². The summed E-state index contributed by atoms with van der Waals surface area (Å²) in [6, 6.07) is 13.2. The van der Waals surface area contributed by atoms with Crippen LogP contribution in [-0.4, -0.2) is 29.3 Å². The van der Waals surface area contributed by atoms with Crippen LogP contribution in [0, 0.1) is 6.92 Å². The van der Waals surface area contributed by atoms with E-state index in [0.29, 0.717) is 23.9 Å². The molecular weight excluding hydrogens is 330 g/mol. The van der Waals surface area contributed by atoms with E-state index in [-0.39, 0.29) is 11.1 Å². The zero-order valence-electron chi connectivity index (χ0n) is 15.1. The number of nitrogens with one attached hydrogen (secondary N) is 1. The topological polar surface area (TPSA) is 73.2 Å². The molecule has 1 amide bonds. The first-order valence-electron chi connectivity index (χ1n) is 8.38. The summed E-state index contributed by atoms with van der Waals surface area (Å²) in [4.78, 5) is 25.1. The van der Waals surface area contributed by atoms with Crippen LogP contribution in [0.4, 0.5) is 0 Å². The summed E-state index contributed by atoms with van der Waals surface area (Å²) >= 11 is 0. The van der Waals surface area contributed by atoms with Crippen molar-refractivity contribution in [1.29, 1.82) is 0 Å².